The number of likely N-dealkylation sites (N-methyl/N-ethyl adjacent to an activating group) is 1. The van der Waals surface area contributed by atoms with Crippen LogP contribution in [0.3, 0.4) is 0 Å². The zero-order chi connectivity index (χ0) is 25.5. The van der Waals surface area contributed by atoms with Gasteiger partial charge in [-0.2, -0.15) is 0 Å². The van der Waals surface area contributed by atoms with Crippen LogP contribution in [0.15, 0.2) is 29.1 Å². The molecule has 0 saturated heterocycles. The molecule has 0 atom stereocenters. The Balaban J connectivity index is 0.00000648. The molecule has 0 radical (unpaired) electrons. The number of rotatable bonds is 18. The van der Waals surface area contributed by atoms with Crippen molar-refractivity contribution in [3.8, 4) is 0 Å². The molecule has 1 heterocycles. The molecule has 0 bridgehead atoms. The van der Waals surface area contributed by atoms with Crippen molar-refractivity contribution in [1.82, 2.24) is 9.66 Å². The van der Waals surface area contributed by atoms with Crippen LogP contribution in [-0.2, 0) is 4.79 Å². The lowest BCUT2D eigenvalue weighted by Gasteiger charge is -2.29. The maximum Gasteiger partial charge on any atom is 0.294 e. The minimum atomic E-state index is -0.237. The maximum absolute atomic E-state index is 12.8. The van der Waals surface area contributed by atoms with Gasteiger partial charge in [0.25, 0.3) is 11.5 Å². The molecule has 0 aliphatic rings. The van der Waals surface area contributed by atoms with E-state index in [-0.39, 0.29) is 23.9 Å². The Labute approximate surface area is 224 Å². The fourth-order valence-electron chi connectivity index (χ4n) is 4.74. The van der Waals surface area contributed by atoms with Crippen LogP contribution in [-0.4, -0.2) is 47.2 Å². The maximum atomic E-state index is 12.8. The predicted octanol–water partition coefficient (Wildman–Crippen LogP) is 3.34. The van der Waals surface area contributed by atoms with E-state index in [4.69, 9.17) is 0 Å². The van der Waals surface area contributed by atoms with Crippen molar-refractivity contribution in [3.63, 3.8) is 0 Å². The Morgan fingerprint density at radius 3 is 1.92 bits per heavy atom. The summed E-state index contributed by atoms with van der Waals surface area (Å²) >= 11 is 0. The van der Waals surface area contributed by atoms with E-state index in [9.17, 15) is 9.59 Å². The largest absolute Gasteiger partial charge is 1.00 e. The highest BCUT2D eigenvalue weighted by molar-refractivity contribution is 5.85. The third-order valence-electron chi connectivity index (χ3n) is 6.87. The summed E-state index contributed by atoms with van der Waals surface area (Å²) in [6.07, 6.45) is 18.8. The van der Waals surface area contributed by atoms with Crippen LogP contribution in [0.5, 0.6) is 0 Å². The fourth-order valence-corrected chi connectivity index (χ4v) is 4.74. The van der Waals surface area contributed by atoms with Crippen LogP contribution in [0.25, 0.3) is 10.9 Å². The molecule has 1 amide bonds. The van der Waals surface area contributed by atoms with Crippen molar-refractivity contribution in [3.05, 3.63) is 40.4 Å². The quantitative estimate of drug-likeness (QED) is 0.242. The molecule has 2 aromatic rings. The van der Waals surface area contributed by atoms with Gasteiger partial charge in [0.05, 0.1) is 31.5 Å². The number of para-hydroxylation sites is 1. The van der Waals surface area contributed by atoms with Crippen LogP contribution in [0, 0.1) is 6.92 Å². The van der Waals surface area contributed by atoms with Gasteiger partial charge < -0.3 is 16.9 Å². The normalized spacial score (nSPS) is 11.4. The minimum Gasteiger partial charge on any atom is -1.00 e. The lowest BCUT2D eigenvalue weighted by atomic mass is 10.0. The van der Waals surface area contributed by atoms with Gasteiger partial charge in [-0.05, 0) is 31.9 Å². The molecule has 1 aromatic carbocycles. The van der Waals surface area contributed by atoms with E-state index in [2.05, 4.69) is 31.4 Å². The van der Waals surface area contributed by atoms with Gasteiger partial charge in [0.15, 0.2) is 6.54 Å². The van der Waals surface area contributed by atoms with Crippen molar-refractivity contribution < 1.29 is 21.7 Å². The Kier molecular flexibility index (Phi) is 15.6. The number of halogens is 1. The number of aromatic nitrogens is 2. The molecule has 7 heteroatoms. The van der Waals surface area contributed by atoms with Gasteiger partial charge in [-0.15, -0.1) is 0 Å². The summed E-state index contributed by atoms with van der Waals surface area (Å²) in [7, 11) is 4.16. The highest BCUT2D eigenvalue weighted by Crippen LogP contribution is 2.13. The van der Waals surface area contributed by atoms with E-state index < -0.39 is 0 Å². The zero-order valence-corrected chi connectivity index (χ0v) is 23.9. The van der Waals surface area contributed by atoms with E-state index in [0.717, 1.165) is 13.0 Å². The summed E-state index contributed by atoms with van der Waals surface area (Å²) in [6.45, 7) is 5.30. The molecule has 0 fully saturated rings. The first-order valence-electron chi connectivity index (χ1n) is 13.9. The Morgan fingerprint density at radius 2 is 1.36 bits per heavy atom. The molecule has 0 aliphatic heterocycles. The number of hydrogen-bond acceptors (Lipinski definition) is 3. The first-order chi connectivity index (χ1) is 16.8. The summed E-state index contributed by atoms with van der Waals surface area (Å²) in [5.74, 6) is 0.321. The van der Waals surface area contributed by atoms with Crippen molar-refractivity contribution in [2.24, 2.45) is 0 Å². The molecule has 2 rings (SSSR count). The molecule has 0 aliphatic carbocycles. The van der Waals surface area contributed by atoms with Crippen LogP contribution in [0.1, 0.15) is 103 Å². The summed E-state index contributed by atoms with van der Waals surface area (Å²) in [5.41, 5.74) is 3.18. The molecule has 6 nitrogen and oxygen atoms in total. The predicted molar refractivity (Wildman–Crippen MR) is 147 cm³/mol. The molecule has 0 spiro atoms. The first kappa shape index (κ1) is 32.1. The van der Waals surface area contributed by atoms with Crippen LogP contribution >= 0.6 is 0 Å². The number of carbonyl (C=O) groups is 1. The third kappa shape index (κ3) is 11.9. The SMILES string of the molecule is CCCCCCCCCCCCCCCC[N+](C)(C)CC(=O)Nn1c(C)nc2ccccc2c1=O.[Cl-]. The van der Waals surface area contributed by atoms with Gasteiger partial charge in [-0.3, -0.25) is 15.0 Å². The lowest BCUT2D eigenvalue weighted by molar-refractivity contribution is -0.882. The summed E-state index contributed by atoms with van der Waals surface area (Å²) in [4.78, 5) is 29.9. The van der Waals surface area contributed by atoms with Crippen LogP contribution < -0.4 is 23.4 Å². The van der Waals surface area contributed by atoms with Gasteiger partial charge in [-0.25, -0.2) is 9.66 Å². The van der Waals surface area contributed by atoms with Gasteiger partial charge in [-0.1, -0.05) is 96.1 Å². The average Bonchev–Trinajstić information content (AvgIpc) is 2.81. The average molecular weight is 521 g/mol. The third-order valence-corrected chi connectivity index (χ3v) is 6.87. The Hall–Kier alpha value is -1.92. The molecule has 1 aromatic heterocycles. The number of amides is 1. The van der Waals surface area contributed by atoms with Gasteiger partial charge >= 0.3 is 0 Å². The Bertz CT molecular complexity index is 958. The number of aryl methyl sites for hydroxylation is 1. The van der Waals surface area contributed by atoms with Crippen molar-refractivity contribution in [2.45, 2.75) is 104 Å². The minimum absolute atomic E-state index is 0. The van der Waals surface area contributed by atoms with Crippen molar-refractivity contribution in [1.29, 1.82) is 0 Å². The van der Waals surface area contributed by atoms with Gasteiger partial charge in [0, 0.05) is 0 Å². The monoisotopic (exact) mass is 520 g/mol. The molecular formula is C29H49ClN4O2. The second kappa shape index (κ2) is 17.5. The molecular weight excluding hydrogens is 472 g/mol. The van der Waals surface area contributed by atoms with E-state index in [1.807, 2.05) is 18.2 Å². The highest BCUT2D eigenvalue weighted by Gasteiger charge is 2.21. The molecule has 36 heavy (non-hydrogen) atoms. The smallest absolute Gasteiger partial charge is 0.294 e. The van der Waals surface area contributed by atoms with Crippen LogP contribution in [0.2, 0.25) is 0 Å². The lowest BCUT2D eigenvalue weighted by Crippen LogP contribution is -3.00. The summed E-state index contributed by atoms with van der Waals surface area (Å²) < 4.78 is 1.88. The van der Waals surface area contributed by atoms with E-state index in [0.29, 0.717) is 27.8 Å². The zero-order valence-electron chi connectivity index (χ0n) is 23.2. The number of nitrogens with one attached hydrogen (secondary N) is 1. The van der Waals surface area contributed by atoms with E-state index in [1.54, 1.807) is 13.0 Å². The van der Waals surface area contributed by atoms with E-state index >= 15 is 0 Å². The van der Waals surface area contributed by atoms with Crippen LogP contribution in [0.4, 0.5) is 0 Å². The second-order valence-electron chi connectivity index (χ2n) is 10.8. The standard InChI is InChI=1S/C29H48N4O2.ClH/c1-5-6-7-8-9-10-11-12-13-14-15-16-17-20-23-33(3,4)24-28(34)31-32-25(2)30-27-22-19-18-21-26(27)29(32)35;/h18-19,21-22H,5-17,20,23-24H2,1-4H3;1H. The van der Waals surface area contributed by atoms with E-state index in [1.165, 1.54) is 88.1 Å². The molecule has 1 N–H and O–H groups in total. The number of unbranched alkanes of at least 4 members (excludes halogenated alkanes) is 13. The first-order valence-corrected chi connectivity index (χ1v) is 13.9. The molecule has 0 saturated carbocycles. The summed E-state index contributed by atoms with van der Waals surface area (Å²) in [6, 6.07) is 7.21. The number of benzene rings is 1. The van der Waals surface area contributed by atoms with Gasteiger partial charge in [0.1, 0.15) is 5.82 Å². The number of carbonyl (C=O) groups excluding carboxylic acids is 1. The number of hydrogen-bond donors (Lipinski definition) is 1. The fraction of sp³-hybridized carbons (Fsp3) is 0.690. The second-order valence-corrected chi connectivity index (χ2v) is 10.8. The summed E-state index contributed by atoms with van der Waals surface area (Å²) in [5, 5.41) is 0.509. The molecule has 0 unspecified atom stereocenters. The Morgan fingerprint density at radius 1 is 0.861 bits per heavy atom. The van der Waals surface area contributed by atoms with Crippen molar-refractivity contribution in [2.75, 3.05) is 32.6 Å². The number of fused-ring (bicyclic) bond motifs is 1. The van der Waals surface area contributed by atoms with Gasteiger partial charge in [0.2, 0.25) is 0 Å². The van der Waals surface area contributed by atoms with Crippen molar-refractivity contribution >= 4 is 16.8 Å². The highest BCUT2D eigenvalue weighted by atomic mass is 35.5. The number of quaternary nitrogens is 1. The number of nitrogens with zero attached hydrogens (tertiary/aromatic N) is 3. The molecule has 204 valence electrons. The topological polar surface area (TPSA) is 64.0 Å².